The normalized spacial score (nSPS) is 14.2. The molecular weight excluding hydrogens is 347 g/mol. The first-order valence-electron chi connectivity index (χ1n) is 8.90. The van der Waals surface area contributed by atoms with Crippen molar-refractivity contribution in [1.29, 1.82) is 0 Å². The lowest BCUT2D eigenvalue weighted by Crippen LogP contribution is -2.50. The Bertz CT molecular complexity index is 874. The van der Waals surface area contributed by atoms with Crippen molar-refractivity contribution in [2.24, 2.45) is 0 Å². The number of carbonyl (C=O) groups excluding carboxylic acids is 2. The van der Waals surface area contributed by atoms with E-state index in [-0.39, 0.29) is 23.1 Å². The maximum Gasteiger partial charge on any atom is 0.254 e. The zero-order valence-corrected chi connectivity index (χ0v) is 15.8. The van der Waals surface area contributed by atoms with Gasteiger partial charge < -0.3 is 14.5 Å². The van der Waals surface area contributed by atoms with Crippen molar-refractivity contribution < 1.29 is 18.7 Å². The van der Waals surface area contributed by atoms with E-state index in [1.54, 1.807) is 15.9 Å². The van der Waals surface area contributed by atoms with Crippen molar-refractivity contribution in [3.05, 3.63) is 64.5 Å². The second-order valence-corrected chi connectivity index (χ2v) is 6.73. The highest BCUT2D eigenvalue weighted by atomic mass is 19.1. The fraction of sp³-hybridized carbons (Fsp3) is 0.333. The Balaban J connectivity index is 1.64. The average Bonchev–Trinajstić information content (AvgIpc) is 2.69. The summed E-state index contributed by atoms with van der Waals surface area (Å²) in [5.74, 6) is -0.724. The van der Waals surface area contributed by atoms with Gasteiger partial charge in [-0.2, -0.15) is 0 Å². The Kier molecular flexibility index (Phi) is 5.44. The summed E-state index contributed by atoms with van der Waals surface area (Å²) >= 11 is 0. The van der Waals surface area contributed by atoms with Gasteiger partial charge >= 0.3 is 0 Å². The molecule has 0 saturated carbocycles. The monoisotopic (exact) mass is 370 g/mol. The quantitative estimate of drug-likeness (QED) is 0.834. The van der Waals surface area contributed by atoms with E-state index in [4.69, 9.17) is 4.74 Å². The number of rotatable bonds is 3. The van der Waals surface area contributed by atoms with Gasteiger partial charge in [-0.25, -0.2) is 4.39 Å². The first-order chi connectivity index (χ1) is 12.9. The lowest BCUT2D eigenvalue weighted by atomic mass is 10.1. The lowest BCUT2D eigenvalue weighted by Gasteiger charge is -2.35. The molecular formula is C21H23FN2O3. The number of halogens is 1. The van der Waals surface area contributed by atoms with Crippen LogP contribution in [-0.2, 0) is 0 Å². The molecule has 0 aromatic heterocycles. The second-order valence-electron chi connectivity index (χ2n) is 6.73. The van der Waals surface area contributed by atoms with Crippen molar-refractivity contribution in [2.75, 3.05) is 33.3 Å². The first-order valence-corrected chi connectivity index (χ1v) is 8.90. The van der Waals surface area contributed by atoms with Gasteiger partial charge in [0, 0.05) is 37.3 Å². The summed E-state index contributed by atoms with van der Waals surface area (Å²) in [4.78, 5) is 28.7. The Morgan fingerprint density at radius 2 is 1.37 bits per heavy atom. The molecule has 27 heavy (non-hydrogen) atoms. The number of hydrogen-bond acceptors (Lipinski definition) is 3. The van der Waals surface area contributed by atoms with E-state index < -0.39 is 5.82 Å². The molecule has 0 bridgehead atoms. The van der Waals surface area contributed by atoms with E-state index in [1.165, 1.54) is 19.2 Å². The summed E-state index contributed by atoms with van der Waals surface area (Å²) in [5.41, 5.74) is 3.17. The SMILES string of the molecule is COc1ccc(C(=O)N2CCN(C(=O)c3ccc(C)c(C)c3)CC2)cc1F. The van der Waals surface area contributed by atoms with Crippen molar-refractivity contribution in [3.8, 4) is 5.75 Å². The molecule has 3 rings (SSSR count). The molecule has 1 saturated heterocycles. The van der Waals surface area contributed by atoms with Crippen molar-refractivity contribution in [1.82, 2.24) is 9.80 Å². The maximum absolute atomic E-state index is 13.8. The van der Waals surface area contributed by atoms with Crippen LogP contribution in [0.15, 0.2) is 36.4 Å². The summed E-state index contributed by atoms with van der Waals surface area (Å²) in [6.07, 6.45) is 0. The van der Waals surface area contributed by atoms with E-state index in [9.17, 15) is 14.0 Å². The Labute approximate surface area is 158 Å². The van der Waals surface area contributed by atoms with Crippen LogP contribution in [0, 0.1) is 19.7 Å². The van der Waals surface area contributed by atoms with Crippen LogP contribution in [0.1, 0.15) is 31.8 Å². The second kappa shape index (κ2) is 7.78. The Hall–Kier alpha value is -2.89. The summed E-state index contributed by atoms with van der Waals surface area (Å²) in [7, 11) is 1.38. The average molecular weight is 370 g/mol. The van der Waals surface area contributed by atoms with E-state index in [1.807, 2.05) is 32.0 Å². The van der Waals surface area contributed by atoms with Gasteiger partial charge in [-0.05, 0) is 55.3 Å². The van der Waals surface area contributed by atoms with Gasteiger partial charge in [0.15, 0.2) is 11.6 Å². The van der Waals surface area contributed by atoms with Gasteiger partial charge in [-0.1, -0.05) is 6.07 Å². The van der Waals surface area contributed by atoms with Crippen molar-refractivity contribution in [3.63, 3.8) is 0 Å². The van der Waals surface area contributed by atoms with E-state index in [0.29, 0.717) is 31.7 Å². The lowest BCUT2D eigenvalue weighted by molar-refractivity contribution is 0.0535. The third-order valence-corrected chi connectivity index (χ3v) is 5.01. The predicted molar refractivity (Wildman–Crippen MR) is 101 cm³/mol. The highest BCUT2D eigenvalue weighted by Gasteiger charge is 2.26. The highest BCUT2D eigenvalue weighted by molar-refractivity contribution is 5.96. The molecule has 1 aliphatic rings. The van der Waals surface area contributed by atoms with Crippen LogP contribution in [0.2, 0.25) is 0 Å². The molecule has 142 valence electrons. The van der Waals surface area contributed by atoms with Gasteiger partial charge in [0.05, 0.1) is 7.11 Å². The van der Waals surface area contributed by atoms with Crippen LogP contribution < -0.4 is 4.74 Å². The number of methoxy groups -OCH3 is 1. The predicted octanol–water partition coefficient (Wildman–Crippen LogP) is 3.05. The number of aryl methyl sites for hydroxylation is 2. The minimum atomic E-state index is -0.563. The van der Waals surface area contributed by atoms with Crippen LogP contribution in [0.4, 0.5) is 4.39 Å². The molecule has 0 N–H and O–H groups in total. The molecule has 1 fully saturated rings. The molecule has 2 amide bonds. The molecule has 5 nitrogen and oxygen atoms in total. The fourth-order valence-electron chi connectivity index (χ4n) is 3.15. The van der Waals surface area contributed by atoms with Crippen molar-refractivity contribution in [2.45, 2.75) is 13.8 Å². The summed E-state index contributed by atoms with van der Waals surface area (Å²) in [6, 6.07) is 9.87. The van der Waals surface area contributed by atoms with E-state index in [0.717, 1.165) is 11.1 Å². The summed E-state index contributed by atoms with van der Waals surface area (Å²) in [6.45, 7) is 5.74. The van der Waals surface area contributed by atoms with Crippen molar-refractivity contribution >= 4 is 11.8 Å². The van der Waals surface area contributed by atoms with E-state index >= 15 is 0 Å². The van der Waals surface area contributed by atoms with Crippen LogP contribution in [0.5, 0.6) is 5.75 Å². The smallest absolute Gasteiger partial charge is 0.254 e. The molecule has 0 aliphatic carbocycles. The standard InChI is InChI=1S/C21H23FN2O3/c1-14-4-5-16(12-15(14)2)20(25)23-8-10-24(11-9-23)21(26)17-6-7-19(27-3)18(22)13-17/h4-7,12-13H,8-11H2,1-3H3. The topological polar surface area (TPSA) is 49.9 Å². The van der Waals surface area contributed by atoms with Gasteiger partial charge in [0.25, 0.3) is 11.8 Å². The van der Waals surface area contributed by atoms with Crippen LogP contribution >= 0.6 is 0 Å². The van der Waals surface area contributed by atoms with Crippen LogP contribution in [0.3, 0.4) is 0 Å². The molecule has 2 aromatic rings. The number of piperazine rings is 1. The maximum atomic E-state index is 13.8. The van der Waals surface area contributed by atoms with Gasteiger partial charge in [0.1, 0.15) is 0 Å². The Morgan fingerprint density at radius 1 is 0.852 bits per heavy atom. The third kappa shape index (κ3) is 3.94. The fourth-order valence-corrected chi connectivity index (χ4v) is 3.15. The highest BCUT2D eigenvalue weighted by Crippen LogP contribution is 2.20. The number of nitrogens with zero attached hydrogens (tertiary/aromatic N) is 2. The number of benzene rings is 2. The van der Waals surface area contributed by atoms with Gasteiger partial charge in [0.2, 0.25) is 0 Å². The number of carbonyl (C=O) groups is 2. The molecule has 1 aliphatic heterocycles. The molecule has 0 unspecified atom stereocenters. The van der Waals surface area contributed by atoms with Crippen LogP contribution in [-0.4, -0.2) is 54.9 Å². The molecule has 0 radical (unpaired) electrons. The van der Waals surface area contributed by atoms with Crippen LogP contribution in [0.25, 0.3) is 0 Å². The molecule has 0 spiro atoms. The Morgan fingerprint density at radius 3 is 1.85 bits per heavy atom. The number of ether oxygens (including phenoxy) is 1. The molecule has 2 aromatic carbocycles. The number of hydrogen-bond donors (Lipinski definition) is 0. The number of amides is 2. The third-order valence-electron chi connectivity index (χ3n) is 5.01. The molecule has 0 atom stereocenters. The molecule has 1 heterocycles. The largest absolute Gasteiger partial charge is 0.494 e. The first kappa shape index (κ1) is 18.9. The van der Waals surface area contributed by atoms with Gasteiger partial charge in [-0.15, -0.1) is 0 Å². The van der Waals surface area contributed by atoms with Gasteiger partial charge in [-0.3, -0.25) is 9.59 Å². The minimum Gasteiger partial charge on any atom is -0.494 e. The minimum absolute atomic E-state index is 0.0271. The molecule has 6 heteroatoms. The zero-order chi connectivity index (χ0) is 19.6. The van der Waals surface area contributed by atoms with E-state index in [2.05, 4.69) is 0 Å². The summed E-state index contributed by atoms with van der Waals surface area (Å²) < 4.78 is 18.7. The summed E-state index contributed by atoms with van der Waals surface area (Å²) in [5, 5.41) is 0. The zero-order valence-electron chi connectivity index (χ0n) is 15.8.